The maximum absolute atomic E-state index is 13.3. The molecule has 0 aliphatic heterocycles. The summed E-state index contributed by atoms with van der Waals surface area (Å²) in [5.41, 5.74) is 8.25. The number of aryl methyl sites for hydroxylation is 1. The summed E-state index contributed by atoms with van der Waals surface area (Å²) < 4.78 is 14.8. The van der Waals surface area contributed by atoms with Crippen LogP contribution >= 0.6 is 11.3 Å². The lowest BCUT2D eigenvalue weighted by Crippen LogP contribution is -2.16. The predicted molar refractivity (Wildman–Crippen MR) is 110 cm³/mol. The van der Waals surface area contributed by atoms with E-state index in [9.17, 15) is 14.0 Å². The van der Waals surface area contributed by atoms with E-state index in [1.54, 1.807) is 6.07 Å². The number of halogens is 1. The molecule has 0 spiro atoms. The first-order valence-corrected chi connectivity index (χ1v) is 9.33. The van der Waals surface area contributed by atoms with Crippen LogP contribution in [0.15, 0.2) is 65.5 Å². The van der Waals surface area contributed by atoms with Crippen LogP contribution in [0.3, 0.4) is 0 Å². The highest BCUT2D eigenvalue weighted by atomic mass is 32.1. The average molecular weight is 393 g/mol. The van der Waals surface area contributed by atoms with E-state index >= 15 is 0 Å². The number of hydrogen-bond donors (Lipinski definition) is 2. The number of amides is 1. The van der Waals surface area contributed by atoms with Crippen molar-refractivity contribution in [3.8, 4) is 5.69 Å². The first-order valence-electron chi connectivity index (χ1n) is 8.52. The van der Waals surface area contributed by atoms with Gasteiger partial charge in [-0.3, -0.25) is 14.2 Å². The third kappa shape index (κ3) is 3.16. The Morgan fingerprint density at radius 3 is 2.54 bits per heavy atom. The Labute approximate surface area is 163 Å². The Morgan fingerprint density at radius 2 is 1.86 bits per heavy atom. The minimum atomic E-state index is -0.588. The van der Waals surface area contributed by atoms with E-state index in [4.69, 9.17) is 5.73 Å². The molecule has 2 aromatic heterocycles. The fraction of sp³-hybridized carbons (Fsp3) is 0.0476. The molecule has 2 aromatic carbocycles. The van der Waals surface area contributed by atoms with Crippen molar-refractivity contribution in [2.45, 2.75) is 6.92 Å². The molecule has 0 radical (unpaired) electrons. The Balaban J connectivity index is 1.96. The number of hydrogen-bond acceptors (Lipinski definition) is 4. The molecule has 0 bridgehead atoms. The van der Waals surface area contributed by atoms with Crippen LogP contribution in [-0.4, -0.2) is 10.5 Å². The lowest BCUT2D eigenvalue weighted by Gasteiger charge is -2.09. The van der Waals surface area contributed by atoms with Gasteiger partial charge in [0.2, 0.25) is 0 Å². The number of carbonyl (C=O) groups is 1. The Morgan fingerprint density at radius 1 is 1.11 bits per heavy atom. The largest absolute Gasteiger partial charge is 0.365 e. The maximum atomic E-state index is 13.3. The van der Waals surface area contributed by atoms with Crippen LogP contribution in [0.2, 0.25) is 0 Å². The zero-order chi connectivity index (χ0) is 19.8. The molecular formula is C21H16FN3O2S. The summed E-state index contributed by atoms with van der Waals surface area (Å²) >= 11 is 1.13. The molecule has 0 saturated heterocycles. The van der Waals surface area contributed by atoms with Gasteiger partial charge in [-0.1, -0.05) is 12.1 Å². The fourth-order valence-corrected chi connectivity index (χ4v) is 4.21. The van der Waals surface area contributed by atoms with E-state index in [0.29, 0.717) is 26.5 Å². The van der Waals surface area contributed by atoms with Gasteiger partial charge in [-0.25, -0.2) is 4.39 Å². The fourth-order valence-electron chi connectivity index (χ4n) is 3.08. The number of rotatable bonds is 4. The lowest BCUT2D eigenvalue weighted by atomic mass is 10.2. The molecule has 140 valence electrons. The Kier molecular flexibility index (Phi) is 4.44. The quantitative estimate of drug-likeness (QED) is 0.541. The van der Waals surface area contributed by atoms with Crippen LogP contribution in [0, 0.1) is 12.7 Å². The SMILES string of the molecule is Cc1cccc(Nc2c(C(N)=O)sc3c2ccc(=O)n3-c2ccc(F)cc2)c1. The van der Waals surface area contributed by atoms with Gasteiger partial charge in [-0.15, -0.1) is 11.3 Å². The molecule has 5 nitrogen and oxygen atoms in total. The highest BCUT2D eigenvalue weighted by molar-refractivity contribution is 7.21. The van der Waals surface area contributed by atoms with Crippen molar-refractivity contribution in [1.29, 1.82) is 0 Å². The standard InChI is InChI=1S/C21H16FN3O2S/c1-12-3-2-4-14(11-12)24-18-16-9-10-17(26)25(15-7-5-13(22)6-8-15)21(16)28-19(18)20(23)27/h2-11,24H,1H3,(H2,23,27). The van der Waals surface area contributed by atoms with Gasteiger partial charge >= 0.3 is 0 Å². The second kappa shape index (κ2) is 6.94. The third-order valence-electron chi connectivity index (χ3n) is 4.34. The van der Waals surface area contributed by atoms with Gasteiger partial charge in [-0.05, 0) is 55.0 Å². The van der Waals surface area contributed by atoms with Gasteiger partial charge in [0.25, 0.3) is 11.5 Å². The van der Waals surface area contributed by atoms with Crippen molar-refractivity contribution in [2.24, 2.45) is 5.73 Å². The molecule has 1 amide bonds. The zero-order valence-electron chi connectivity index (χ0n) is 14.9. The number of primary amides is 1. The van der Waals surface area contributed by atoms with Crippen molar-refractivity contribution < 1.29 is 9.18 Å². The monoisotopic (exact) mass is 393 g/mol. The smallest absolute Gasteiger partial charge is 0.261 e. The lowest BCUT2D eigenvalue weighted by molar-refractivity contribution is 0.100. The zero-order valence-corrected chi connectivity index (χ0v) is 15.7. The molecule has 7 heteroatoms. The van der Waals surface area contributed by atoms with E-state index in [1.165, 1.54) is 34.9 Å². The predicted octanol–water partition coefficient (Wildman–Crippen LogP) is 4.34. The number of nitrogens with one attached hydrogen (secondary N) is 1. The van der Waals surface area contributed by atoms with E-state index in [-0.39, 0.29) is 5.56 Å². The summed E-state index contributed by atoms with van der Waals surface area (Å²) in [5.74, 6) is -0.982. The summed E-state index contributed by atoms with van der Waals surface area (Å²) in [6.07, 6.45) is 0. The first-order chi connectivity index (χ1) is 13.4. The molecule has 2 heterocycles. The second-order valence-electron chi connectivity index (χ2n) is 6.37. The summed E-state index contributed by atoms with van der Waals surface area (Å²) in [6, 6.07) is 16.4. The van der Waals surface area contributed by atoms with Gasteiger partial charge in [0.05, 0.1) is 11.4 Å². The van der Waals surface area contributed by atoms with Crippen LogP contribution < -0.4 is 16.6 Å². The van der Waals surface area contributed by atoms with Crippen LogP contribution in [0.4, 0.5) is 15.8 Å². The molecule has 28 heavy (non-hydrogen) atoms. The summed E-state index contributed by atoms with van der Waals surface area (Å²) in [6.45, 7) is 1.97. The number of thiophene rings is 1. The van der Waals surface area contributed by atoms with Gasteiger partial charge in [0, 0.05) is 17.1 Å². The van der Waals surface area contributed by atoms with Crippen molar-refractivity contribution >= 4 is 38.8 Å². The average Bonchev–Trinajstić information content (AvgIpc) is 3.01. The number of aromatic nitrogens is 1. The highest BCUT2D eigenvalue weighted by Gasteiger charge is 2.20. The van der Waals surface area contributed by atoms with Crippen LogP contribution in [0.5, 0.6) is 0 Å². The van der Waals surface area contributed by atoms with Crippen LogP contribution in [0.25, 0.3) is 15.9 Å². The summed E-state index contributed by atoms with van der Waals surface area (Å²) in [4.78, 5) is 25.5. The first kappa shape index (κ1) is 17.9. The number of pyridine rings is 1. The number of anilines is 2. The molecule has 4 rings (SSSR count). The molecule has 3 N–H and O–H groups in total. The Bertz CT molecular complexity index is 1260. The molecule has 0 fully saturated rings. The van der Waals surface area contributed by atoms with Crippen molar-refractivity contribution in [3.63, 3.8) is 0 Å². The topological polar surface area (TPSA) is 77.1 Å². The number of nitrogens with zero attached hydrogens (tertiary/aromatic N) is 1. The summed E-state index contributed by atoms with van der Waals surface area (Å²) in [7, 11) is 0. The molecular weight excluding hydrogens is 377 g/mol. The molecule has 0 saturated carbocycles. The number of nitrogens with two attached hydrogens (primary N) is 1. The van der Waals surface area contributed by atoms with Crippen molar-refractivity contribution in [1.82, 2.24) is 4.57 Å². The molecule has 0 aliphatic carbocycles. The highest BCUT2D eigenvalue weighted by Crippen LogP contribution is 2.37. The van der Waals surface area contributed by atoms with E-state index in [2.05, 4.69) is 5.32 Å². The molecule has 0 atom stereocenters. The van der Waals surface area contributed by atoms with Crippen LogP contribution in [0.1, 0.15) is 15.2 Å². The Hall–Kier alpha value is -3.45. The van der Waals surface area contributed by atoms with Gasteiger partial charge in [0.1, 0.15) is 15.5 Å². The van der Waals surface area contributed by atoms with Crippen molar-refractivity contribution in [2.75, 3.05) is 5.32 Å². The molecule has 0 aliphatic rings. The van der Waals surface area contributed by atoms with E-state index in [0.717, 1.165) is 22.6 Å². The van der Waals surface area contributed by atoms with E-state index in [1.807, 2.05) is 31.2 Å². The van der Waals surface area contributed by atoms with Gasteiger partial charge in [0.15, 0.2) is 0 Å². The summed E-state index contributed by atoms with van der Waals surface area (Å²) in [5, 5.41) is 3.94. The van der Waals surface area contributed by atoms with Gasteiger partial charge in [-0.2, -0.15) is 0 Å². The molecule has 4 aromatic rings. The van der Waals surface area contributed by atoms with Gasteiger partial charge < -0.3 is 11.1 Å². The number of carbonyl (C=O) groups excluding carboxylic acids is 1. The molecule has 0 unspecified atom stereocenters. The number of benzene rings is 2. The normalized spacial score (nSPS) is 10.9. The second-order valence-corrected chi connectivity index (χ2v) is 7.37. The van der Waals surface area contributed by atoms with E-state index < -0.39 is 11.7 Å². The maximum Gasteiger partial charge on any atom is 0.261 e. The van der Waals surface area contributed by atoms with Crippen LogP contribution in [-0.2, 0) is 0 Å². The number of fused-ring (bicyclic) bond motifs is 1. The minimum absolute atomic E-state index is 0.279. The van der Waals surface area contributed by atoms with Crippen molar-refractivity contribution in [3.05, 3.63) is 87.3 Å². The minimum Gasteiger partial charge on any atom is -0.365 e. The third-order valence-corrected chi connectivity index (χ3v) is 5.54.